The number of benzene rings is 1. The van der Waals surface area contributed by atoms with Crippen LogP contribution >= 0.6 is 11.3 Å². The number of fused-ring (bicyclic) bond motifs is 1. The number of amides is 1. The predicted molar refractivity (Wildman–Crippen MR) is 168 cm³/mol. The molecule has 14 heteroatoms. The van der Waals surface area contributed by atoms with Crippen molar-refractivity contribution in [3.8, 4) is 16.8 Å². The summed E-state index contributed by atoms with van der Waals surface area (Å²) >= 11 is 1.14. The van der Waals surface area contributed by atoms with Gasteiger partial charge in [0.25, 0.3) is 5.56 Å². The minimum atomic E-state index is -1.59. The first-order valence-corrected chi connectivity index (χ1v) is 15.6. The highest BCUT2D eigenvalue weighted by Crippen LogP contribution is 2.34. The van der Waals surface area contributed by atoms with Crippen molar-refractivity contribution >= 4 is 27.5 Å². The number of hydrogen-bond acceptors (Lipinski definition) is 9. The quantitative estimate of drug-likeness (QED) is 0.200. The van der Waals surface area contributed by atoms with Crippen LogP contribution in [0.1, 0.15) is 71.1 Å². The fourth-order valence-electron chi connectivity index (χ4n) is 4.92. The number of rotatable bonds is 14. The van der Waals surface area contributed by atoms with Crippen LogP contribution < -0.4 is 21.3 Å². The lowest BCUT2D eigenvalue weighted by Crippen LogP contribution is -2.56. The molecule has 1 aromatic carbocycles. The summed E-state index contributed by atoms with van der Waals surface area (Å²) in [6.45, 7) is 10.5. The summed E-state index contributed by atoms with van der Waals surface area (Å²) in [5.41, 5.74) is -2.11. The molecular weight excluding hydrogens is 601 g/mol. The van der Waals surface area contributed by atoms with Crippen molar-refractivity contribution in [3.63, 3.8) is 0 Å². The molecule has 0 saturated heterocycles. The molecule has 12 nitrogen and oxygen atoms in total. The topological polar surface area (TPSA) is 146 Å². The molecule has 0 spiro atoms. The van der Waals surface area contributed by atoms with E-state index in [-0.39, 0.29) is 31.0 Å². The molecule has 240 valence electrons. The molecule has 1 amide bonds. The SMILES string of the molecule is CCCCOc1ccc(F)cc1[C@H](Cn1c(=O)n(C(C)(C)C(=O)NC(C)C)c(=O)c2c(C)c(-n3nccn3)sc21)OCCC#N. The van der Waals surface area contributed by atoms with Gasteiger partial charge in [-0.1, -0.05) is 24.7 Å². The van der Waals surface area contributed by atoms with Gasteiger partial charge in [0.05, 0.1) is 50.0 Å². The fourth-order valence-corrected chi connectivity index (χ4v) is 6.14. The summed E-state index contributed by atoms with van der Waals surface area (Å²) < 4.78 is 29.1. The summed E-state index contributed by atoms with van der Waals surface area (Å²) in [7, 11) is 0. The lowest BCUT2D eigenvalue weighted by atomic mass is 10.0. The molecule has 1 atom stereocenters. The first-order chi connectivity index (χ1) is 21.4. The van der Waals surface area contributed by atoms with Gasteiger partial charge in [0, 0.05) is 17.2 Å². The maximum atomic E-state index is 14.7. The summed E-state index contributed by atoms with van der Waals surface area (Å²) in [5.74, 6) is -0.664. The molecule has 1 N–H and O–H groups in total. The van der Waals surface area contributed by atoms with Crippen LogP contribution in [0.3, 0.4) is 0 Å². The van der Waals surface area contributed by atoms with Gasteiger partial charge in [-0.05, 0) is 59.2 Å². The van der Waals surface area contributed by atoms with Crippen LogP contribution in [-0.2, 0) is 21.6 Å². The number of unbranched alkanes of at least 4 members (excludes halogenated alkanes) is 1. The molecule has 4 aromatic rings. The summed E-state index contributed by atoms with van der Waals surface area (Å²) in [6.07, 6.45) is 3.75. The van der Waals surface area contributed by atoms with E-state index in [1.54, 1.807) is 20.8 Å². The third kappa shape index (κ3) is 6.99. The molecule has 3 heterocycles. The molecule has 0 aliphatic heterocycles. The molecule has 0 aliphatic carbocycles. The smallest absolute Gasteiger partial charge is 0.333 e. The standard InChI is InChI=1S/C31H38FN7O5S/c1-7-8-15-43-23-11-10-21(32)17-22(23)24(44-16-9-12-33)18-37-28-25(20(4)27(45-28)39-34-13-14-35-39)26(40)38(30(37)42)31(5,6)29(41)36-19(2)3/h10-11,13-14,17,19,24H,7-9,15-16,18H2,1-6H3,(H,36,41)/t24-/m0/s1. The molecule has 0 aliphatic rings. The third-order valence-corrected chi connectivity index (χ3v) is 8.56. The minimum Gasteiger partial charge on any atom is -0.493 e. The summed E-state index contributed by atoms with van der Waals surface area (Å²) in [6, 6.07) is 5.87. The zero-order chi connectivity index (χ0) is 32.9. The van der Waals surface area contributed by atoms with Crippen LogP contribution in [0, 0.1) is 24.1 Å². The Balaban J connectivity index is 1.99. The van der Waals surface area contributed by atoms with Crippen LogP contribution in [-0.4, -0.2) is 49.3 Å². The van der Waals surface area contributed by atoms with Gasteiger partial charge in [0.15, 0.2) is 0 Å². The van der Waals surface area contributed by atoms with Crippen LogP contribution in [0.2, 0.25) is 0 Å². The van der Waals surface area contributed by atoms with E-state index >= 15 is 0 Å². The number of nitriles is 1. The van der Waals surface area contributed by atoms with Gasteiger partial charge in [-0.2, -0.15) is 15.5 Å². The van der Waals surface area contributed by atoms with Crippen molar-refractivity contribution in [1.29, 1.82) is 5.26 Å². The summed E-state index contributed by atoms with van der Waals surface area (Å²) in [4.78, 5) is 43.6. The van der Waals surface area contributed by atoms with Crippen LogP contribution in [0.5, 0.6) is 5.75 Å². The van der Waals surface area contributed by atoms with E-state index in [4.69, 9.17) is 9.47 Å². The number of halogens is 1. The Morgan fingerprint density at radius 3 is 2.56 bits per heavy atom. The summed E-state index contributed by atoms with van der Waals surface area (Å²) in [5, 5.41) is 21.2. The number of thiophene rings is 1. The zero-order valence-corrected chi connectivity index (χ0v) is 27.1. The lowest BCUT2D eigenvalue weighted by molar-refractivity contribution is -0.129. The number of hydrogen-bond donors (Lipinski definition) is 1. The van der Waals surface area contributed by atoms with Gasteiger partial charge < -0.3 is 14.8 Å². The highest BCUT2D eigenvalue weighted by atomic mass is 32.1. The van der Waals surface area contributed by atoms with Crippen LogP contribution in [0.4, 0.5) is 4.39 Å². The van der Waals surface area contributed by atoms with Crippen molar-refractivity contribution < 1.29 is 18.7 Å². The van der Waals surface area contributed by atoms with Crippen molar-refractivity contribution in [1.82, 2.24) is 29.4 Å². The van der Waals surface area contributed by atoms with Crippen molar-refractivity contribution in [2.75, 3.05) is 13.2 Å². The van der Waals surface area contributed by atoms with Crippen molar-refractivity contribution in [2.24, 2.45) is 0 Å². The molecule has 0 radical (unpaired) electrons. The second-order valence-electron chi connectivity index (χ2n) is 11.4. The molecule has 4 rings (SSSR count). The number of carbonyl (C=O) groups excluding carboxylic acids is 1. The van der Waals surface area contributed by atoms with Gasteiger partial charge in [-0.25, -0.2) is 13.8 Å². The van der Waals surface area contributed by atoms with Crippen molar-refractivity contribution in [3.05, 3.63) is 68.4 Å². The molecule has 0 unspecified atom stereocenters. The molecule has 0 saturated carbocycles. The number of aryl methyl sites for hydroxylation is 1. The number of carbonyl (C=O) groups is 1. The Bertz CT molecular complexity index is 1820. The Morgan fingerprint density at radius 1 is 1.20 bits per heavy atom. The molecule has 45 heavy (non-hydrogen) atoms. The Kier molecular flexibility index (Phi) is 10.6. The molecule has 0 bridgehead atoms. The number of aromatic nitrogens is 5. The van der Waals surface area contributed by atoms with Gasteiger partial charge in [0.2, 0.25) is 5.91 Å². The van der Waals surface area contributed by atoms with E-state index in [2.05, 4.69) is 15.5 Å². The predicted octanol–water partition coefficient (Wildman–Crippen LogP) is 4.36. The fraction of sp³-hybridized carbons (Fsp3) is 0.484. The monoisotopic (exact) mass is 639 g/mol. The maximum absolute atomic E-state index is 14.7. The zero-order valence-electron chi connectivity index (χ0n) is 26.3. The van der Waals surface area contributed by atoms with Gasteiger partial charge >= 0.3 is 5.69 Å². The molecule has 0 fully saturated rings. The van der Waals surface area contributed by atoms with Crippen molar-refractivity contribution in [2.45, 2.75) is 85.0 Å². The van der Waals surface area contributed by atoms with Crippen LogP contribution in [0.25, 0.3) is 15.2 Å². The van der Waals surface area contributed by atoms with E-state index in [1.807, 2.05) is 13.0 Å². The second kappa shape index (κ2) is 14.2. The van der Waals surface area contributed by atoms with E-state index in [9.17, 15) is 24.0 Å². The van der Waals surface area contributed by atoms with E-state index in [0.717, 1.165) is 28.7 Å². The Morgan fingerprint density at radius 2 is 1.91 bits per heavy atom. The van der Waals surface area contributed by atoms with Gasteiger partial charge in [-0.3, -0.25) is 14.2 Å². The maximum Gasteiger partial charge on any atom is 0.333 e. The molecular formula is C31H38FN7O5S. The van der Waals surface area contributed by atoms with E-state index in [1.165, 1.54) is 53.8 Å². The van der Waals surface area contributed by atoms with Gasteiger partial charge in [0.1, 0.15) is 33.0 Å². The first kappa shape index (κ1) is 33.5. The average Bonchev–Trinajstić information content (AvgIpc) is 3.63. The highest BCUT2D eigenvalue weighted by Gasteiger charge is 2.36. The lowest BCUT2D eigenvalue weighted by Gasteiger charge is -2.28. The largest absolute Gasteiger partial charge is 0.493 e. The minimum absolute atomic E-state index is 0.00216. The Labute approximate surface area is 264 Å². The van der Waals surface area contributed by atoms with E-state index in [0.29, 0.717) is 33.3 Å². The molecule has 3 aromatic heterocycles. The number of nitrogens with zero attached hydrogens (tertiary/aromatic N) is 6. The highest BCUT2D eigenvalue weighted by molar-refractivity contribution is 7.21. The second-order valence-corrected chi connectivity index (χ2v) is 12.4. The van der Waals surface area contributed by atoms with Gasteiger partial charge in [-0.15, -0.1) is 4.80 Å². The average molecular weight is 640 g/mol. The Hall–Kier alpha value is -4.35. The number of nitrogens with one attached hydrogen (secondary N) is 1. The van der Waals surface area contributed by atoms with E-state index < -0.39 is 34.6 Å². The third-order valence-electron chi connectivity index (χ3n) is 7.28. The van der Waals surface area contributed by atoms with Crippen LogP contribution in [0.15, 0.2) is 40.2 Å². The number of ether oxygens (including phenoxy) is 2. The first-order valence-electron chi connectivity index (χ1n) is 14.8. The normalized spacial score (nSPS) is 12.4.